The molecule has 74 valence electrons. The summed E-state index contributed by atoms with van der Waals surface area (Å²) in [6, 6.07) is 0. The van der Waals surface area contributed by atoms with Gasteiger partial charge in [0, 0.05) is 12.3 Å². The predicted molar refractivity (Wildman–Crippen MR) is 45.2 cm³/mol. The Labute approximate surface area is 76.6 Å². The van der Waals surface area contributed by atoms with E-state index in [1.54, 1.807) is 0 Å². The van der Waals surface area contributed by atoms with Gasteiger partial charge >= 0.3 is 5.97 Å². The number of aliphatic carboxylic acids is 1. The fourth-order valence-corrected chi connectivity index (χ4v) is 2.11. The minimum atomic E-state index is -0.898. The first-order valence-corrected chi connectivity index (χ1v) is 4.42. The maximum absolute atomic E-state index is 11.1. The lowest BCUT2D eigenvalue weighted by Gasteiger charge is -2.17. The van der Waals surface area contributed by atoms with Crippen molar-refractivity contribution < 1.29 is 19.8 Å². The quantitative estimate of drug-likeness (QED) is 0.670. The first-order valence-electron chi connectivity index (χ1n) is 4.42. The van der Waals surface area contributed by atoms with Gasteiger partial charge in [0.15, 0.2) is 0 Å². The second-order valence-electron chi connectivity index (χ2n) is 3.64. The summed E-state index contributed by atoms with van der Waals surface area (Å²) >= 11 is 0. The molecule has 13 heavy (non-hydrogen) atoms. The number of aliphatic hydroxyl groups excluding tert-OH is 1. The van der Waals surface area contributed by atoms with Crippen molar-refractivity contribution in [1.82, 2.24) is 0 Å². The molecule has 1 rings (SSSR count). The summed E-state index contributed by atoms with van der Waals surface area (Å²) in [5.74, 6) is -1.64. The van der Waals surface area contributed by atoms with Crippen LogP contribution in [0.4, 0.5) is 0 Å². The van der Waals surface area contributed by atoms with E-state index in [-0.39, 0.29) is 18.1 Å². The molecule has 1 saturated carbocycles. The van der Waals surface area contributed by atoms with Gasteiger partial charge in [-0.3, -0.25) is 9.59 Å². The molecule has 1 aliphatic rings. The third-order valence-corrected chi connectivity index (χ3v) is 2.66. The Bertz CT molecular complexity index is 224. The molecule has 4 heteroatoms. The largest absolute Gasteiger partial charge is 0.481 e. The highest BCUT2D eigenvalue weighted by Crippen LogP contribution is 2.34. The number of carbonyl (C=O) groups excluding carboxylic acids is 1. The van der Waals surface area contributed by atoms with E-state index >= 15 is 0 Å². The van der Waals surface area contributed by atoms with E-state index in [4.69, 9.17) is 5.11 Å². The molecule has 0 saturated heterocycles. The minimum absolute atomic E-state index is 0.0126. The molecule has 0 spiro atoms. The lowest BCUT2D eigenvalue weighted by molar-refractivity contribution is -0.139. The van der Waals surface area contributed by atoms with Crippen LogP contribution in [0.5, 0.6) is 0 Å². The molecule has 4 nitrogen and oxygen atoms in total. The second kappa shape index (κ2) is 3.87. The van der Waals surface area contributed by atoms with Gasteiger partial charge < -0.3 is 10.2 Å². The summed E-state index contributed by atoms with van der Waals surface area (Å²) in [6.45, 7) is 1.41. The Morgan fingerprint density at radius 2 is 2.00 bits per heavy atom. The van der Waals surface area contributed by atoms with Crippen molar-refractivity contribution in [2.75, 3.05) is 0 Å². The van der Waals surface area contributed by atoms with Crippen LogP contribution in [0.2, 0.25) is 0 Å². The average Bonchev–Trinajstić information content (AvgIpc) is 2.30. The van der Waals surface area contributed by atoms with Crippen LogP contribution in [0.15, 0.2) is 0 Å². The standard InChI is InChI=1S/C9H14O4/c1-5(10)9-6(4-8(12)13)2-3-7(9)11/h6-7,9,11H,2-4H2,1H3,(H,12,13). The molecule has 3 unspecified atom stereocenters. The van der Waals surface area contributed by atoms with Crippen molar-refractivity contribution in [3.63, 3.8) is 0 Å². The van der Waals surface area contributed by atoms with Crippen molar-refractivity contribution >= 4 is 11.8 Å². The van der Waals surface area contributed by atoms with Gasteiger partial charge in [-0.25, -0.2) is 0 Å². The van der Waals surface area contributed by atoms with E-state index in [1.165, 1.54) is 6.92 Å². The molecule has 0 heterocycles. The first-order chi connectivity index (χ1) is 6.02. The third-order valence-electron chi connectivity index (χ3n) is 2.66. The third kappa shape index (κ3) is 2.28. The Morgan fingerprint density at radius 3 is 2.46 bits per heavy atom. The lowest BCUT2D eigenvalue weighted by Crippen LogP contribution is -2.27. The van der Waals surface area contributed by atoms with E-state index in [0.29, 0.717) is 12.8 Å². The number of carboxylic acid groups (broad SMARTS) is 1. The topological polar surface area (TPSA) is 74.6 Å². The summed E-state index contributed by atoms with van der Waals surface area (Å²) in [6.07, 6.45) is 0.531. The van der Waals surface area contributed by atoms with Crippen LogP contribution in [0.1, 0.15) is 26.2 Å². The zero-order valence-corrected chi connectivity index (χ0v) is 7.56. The zero-order chi connectivity index (χ0) is 10.0. The maximum Gasteiger partial charge on any atom is 0.303 e. The number of hydrogen-bond acceptors (Lipinski definition) is 3. The van der Waals surface area contributed by atoms with Gasteiger partial charge in [-0.05, 0) is 25.7 Å². The van der Waals surface area contributed by atoms with Crippen molar-refractivity contribution in [3.05, 3.63) is 0 Å². The second-order valence-corrected chi connectivity index (χ2v) is 3.64. The lowest BCUT2D eigenvalue weighted by atomic mass is 9.89. The van der Waals surface area contributed by atoms with E-state index < -0.39 is 18.0 Å². The van der Waals surface area contributed by atoms with Crippen LogP contribution in [0.25, 0.3) is 0 Å². The summed E-state index contributed by atoms with van der Waals surface area (Å²) < 4.78 is 0. The fourth-order valence-electron chi connectivity index (χ4n) is 2.11. The number of hydrogen-bond donors (Lipinski definition) is 2. The van der Waals surface area contributed by atoms with Gasteiger partial charge in [0.25, 0.3) is 0 Å². The van der Waals surface area contributed by atoms with Crippen molar-refractivity contribution in [1.29, 1.82) is 0 Å². The predicted octanol–water partition coefficient (Wildman–Crippen LogP) is 0.437. The Morgan fingerprint density at radius 1 is 1.38 bits per heavy atom. The highest BCUT2D eigenvalue weighted by molar-refractivity contribution is 5.80. The van der Waals surface area contributed by atoms with Crippen LogP contribution >= 0.6 is 0 Å². The molecule has 1 fully saturated rings. The molecule has 0 aromatic rings. The van der Waals surface area contributed by atoms with Gasteiger partial charge in [0.2, 0.25) is 0 Å². The summed E-state index contributed by atoms with van der Waals surface area (Å²) in [4.78, 5) is 21.5. The van der Waals surface area contributed by atoms with Crippen LogP contribution in [0.3, 0.4) is 0 Å². The van der Waals surface area contributed by atoms with E-state index in [0.717, 1.165) is 0 Å². The molecule has 0 aromatic carbocycles. The summed E-state index contributed by atoms with van der Waals surface area (Å²) in [7, 11) is 0. The highest BCUT2D eigenvalue weighted by Gasteiger charge is 2.38. The molecule has 0 amide bonds. The van der Waals surface area contributed by atoms with Crippen molar-refractivity contribution in [2.45, 2.75) is 32.3 Å². The number of carboxylic acids is 1. The van der Waals surface area contributed by atoms with E-state index in [9.17, 15) is 14.7 Å². The fraction of sp³-hybridized carbons (Fsp3) is 0.778. The van der Waals surface area contributed by atoms with Crippen LogP contribution in [0, 0.1) is 11.8 Å². The average molecular weight is 186 g/mol. The van der Waals surface area contributed by atoms with Gasteiger partial charge in [-0.15, -0.1) is 0 Å². The number of Topliss-reactive ketones (excluding diaryl/α,β-unsaturated/α-hetero) is 1. The van der Waals surface area contributed by atoms with Gasteiger partial charge in [-0.2, -0.15) is 0 Å². The Kier molecular flexibility index (Phi) is 3.03. The smallest absolute Gasteiger partial charge is 0.303 e. The normalized spacial score (nSPS) is 33.2. The van der Waals surface area contributed by atoms with Crippen molar-refractivity contribution in [3.8, 4) is 0 Å². The van der Waals surface area contributed by atoms with Gasteiger partial charge in [0.05, 0.1) is 6.10 Å². The summed E-state index contributed by atoms with van der Waals surface area (Å²) in [5.41, 5.74) is 0. The molecule has 2 N–H and O–H groups in total. The Hall–Kier alpha value is -0.900. The number of carbonyl (C=O) groups is 2. The first kappa shape index (κ1) is 10.2. The molecule has 0 aliphatic heterocycles. The summed E-state index contributed by atoms with van der Waals surface area (Å²) in [5, 5.41) is 18.0. The molecule has 0 bridgehead atoms. The number of ketones is 1. The molecule has 1 aliphatic carbocycles. The van der Waals surface area contributed by atoms with Crippen LogP contribution in [-0.4, -0.2) is 28.1 Å². The number of rotatable bonds is 3. The molecule has 0 radical (unpaired) electrons. The van der Waals surface area contributed by atoms with E-state index in [2.05, 4.69) is 0 Å². The van der Waals surface area contributed by atoms with Gasteiger partial charge in [0.1, 0.15) is 5.78 Å². The molecule has 3 atom stereocenters. The highest BCUT2D eigenvalue weighted by atomic mass is 16.4. The Balaban J connectivity index is 2.64. The SMILES string of the molecule is CC(=O)C1C(O)CCC1CC(=O)O. The zero-order valence-electron chi connectivity index (χ0n) is 7.56. The maximum atomic E-state index is 11.1. The van der Waals surface area contributed by atoms with Crippen molar-refractivity contribution in [2.24, 2.45) is 11.8 Å². The number of aliphatic hydroxyl groups is 1. The van der Waals surface area contributed by atoms with E-state index in [1.807, 2.05) is 0 Å². The molecular formula is C9H14O4. The van der Waals surface area contributed by atoms with Crippen LogP contribution in [-0.2, 0) is 9.59 Å². The monoisotopic (exact) mass is 186 g/mol. The minimum Gasteiger partial charge on any atom is -0.481 e. The van der Waals surface area contributed by atoms with Gasteiger partial charge in [-0.1, -0.05) is 0 Å². The molecular weight excluding hydrogens is 172 g/mol. The molecule has 0 aromatic heterocycles. The van der Waals surface area contributed by atoms with Crippen LogP contribution < -0.4 is 0 Å².